The van der Waals surface area contributed by atoms with Gasteiger partial charge in [0.15, 0.2) is 0 Å². The summed E-state index contributed by atoms with van der Waals surface area (Å²) in [6.07, 6.45) is 0.0989. The topological polar surface area (TPSA) is 68.5 Å². The average molecular weight is 396 g/mol. The Balaban J connectivity index is 2.49. The second-order valence-corrected chi connectivity index (χ2v) is 7.77. The number of hydrogen-bond acceptors (Lipinski definition) is 3. The summed E-state index contributed by atoms with van der Waals surface area (Å²) in [6, 6.07) is 5.11. The highest BCUT2D eigenvalue weighted by Gasteiger charge is 2.25. The number of hydrogen-bond donors (Lipinski definition) is 1. The van der Waals surface area contributed by atoms with E-state index >= 15 is 0 Å². The van der Waals surface area contributed by atoms with Crippen molar-refractivity contribution in [2.45, 2.75) is 52.7 Å². The van der Waals surface area contributed by atoms with E-state index in [0.717, 1.165) is 20.9 Å². The number of aromatic nitrogens is 1. The van der Waals surface area contributed by atoms with Crippen LogP contribution >= 0.6 is 15.9 Å². The van der Waals surface area contributed by atoms with Gasteiger partial charge >= 0.3 is 11.9 Å². The smallest absolute Gasteiger partial charge is 0.352 e. The molecule has 130 valence electrons. The maximum absolute atomic E-state index is 12.1. The Morgan fingerprint density at radius 3 is 2.50 bits per heavy atom. The lowest BCUT2D eigenvalue weighted by Crippen LogP contribution is -2.26. The van der Waals surface area contributed by atoms with Gasteiger partial charge in [-0.3, -0.25) is 4.79 Å². The first-order valence-electron chi connectivity index (χ1n) is 7.76. The molecule has 0 fully saturated rings. The van der Waals surface area contributed by atoms with Gasteiger partial charge in [0.2, 0.25) is 0 Å². The van der Waals surface area contributed by atoms with Gasteiger partial charge in [-0.2, -0.15) is 0 Å². The minimum atomic E-state index is -1.02. The summed E-state index contributed by atoms with van der Waals surface area (Å²) in [4.78, 5) is 23.8. The van der Waals surface area contributed by atoms with Gasteiger partial charge in [-0.1, -0.05) is 12.1 Å². The third-order valence-electron chi connectivity index (χ3n) is 3.68. The molecule has 0 saturated carbocycles. The minimum absolute atomic E-state index is 0.0989. The van der Waals surface area contributed by atoms with E-state index in [1.54, 1.807) is 10.6 Å². The summed E-state index contributed by atoms with van der Waals surface area (Å²) in [5.41, 5.74) is 1.38. The van der Waals surface area contributed by atoms with Crippen LogP contribution in [0.4, 0.5) is 0 Å². The molecule has 1 N–H and O–H groups in total. The van der Waals surface area contributed by atoms with Crippen molar-refractivity contribution in [2.24, 2.45) is 0 Å². The second kappa shape index (κ2) is 6.59. The van der Waals surface area contributed by atoms with Crippen LogP contribution in [0.1, 0.15) is 56.2 Å². The zero-order valence-electron chi connectivity index (χ0n) is 14.5. The summed E-state index contributed by atoms with van der Waals surface area (Å²) in [5, 5.41) is 10.4. The number of fused-ring (bicyclic) bond motifs is 1. The van der Waals surface area contributed by atoms with Crippen LogP contribution < -0.4 is 0 Å². The van der Waals surface area contributed by atoms with Crippen LogP contribution in [0.5, 0.6) is 0 Å². The largest absolute Gasteiger partial charge is 0.477 e. The molecule has 6 heteroatoms. The number of esters is 1. The van der Waals surface area contributed by atoms with Crippen molar-refractivity contribution in [3.63, 3.8) is 0 Å². The maximum Gasteiger partial charge on any atom is 0.352 e. The lowest BCUT2D eigenvalue weighted by atomic mass is 10.1. The highest BCUT2D eigenvalue weighted by molar-refractivity contribution is 9.10. The summed E-state index contributed by atoms with van der Waals surface area (Å²) in [6.45, 7) is 9.19. The van der Waals surface area contributed by atoms with Gasteiger partial charge in [-0.15, -0.1) is 0 Å². The number of aromatic carboxylic acids is 1. The molecule has 24 heavy (non-hydrogen) atoms. The molecule has 2 rings (SSSR count). The molecule has 0 aliphatic rings. The quantitative estimate of drug-likeness (QED) is 0.761. The molecule has 0 bridgehead atoms. The lowest BCUT2D eigenvalue weighted by Gasteiger charge is -2.22. The van der Waals surface area contributed by atoms with E-state index in [4.69, 9.17) is 4.74 Å². The van der Waals surface area contributed by atoms with Gasteiger partial charge in [0.25, 0.3) is 0 Å². The predicted octanol–water partition coefficient (Wildman–Crippen LogP) is 4.70. The van der Waals surface area contributed by atoms with E-state index in [-0.39, 0.29) is 24.1 Å². The highest BCUT2D eigenvalue weighted by atomic mass is 79.9. The molecule has 0 unspecified atom stereocenters. The zero-order chi connectivity index (χ0) is 18.2. The molecule has 1 heterocycles. The van der Waals surface area contributed by atoms with Crippen molar-refractivity contribution >= 4 is 38.8 Å². The average Bonchev–Trinajstić information content (AvgIpc) is 2.81. The number of rotatable bonds is 4. The first-order valence-corrected chi connectivity index (χ1v) is 8.55. The number of halogens is 1. The Kier molecular flexibility index (Phi) is 5.08. The van der Waals surface area contributed by atoms with Crippen LogP contribution in [0.3, 0.4) is 0 Å². The number of ether oxygens (including phenoxy) is 1. The summed E-state index contributed by atoms with van der Waals surface area (Å²) in [7, 11) is 0. The third-order valence-corrected chi connectivity index (χ3v) is 4.68. The molecule has 0 amide bonds. The number of aryl methyl sites for hydroxylation is 1. The Morgan fingerprint density at radius 1 is 1.33 bits per heavy atom. The Morgan fingerprint density at radius 2 is 1.96 bits per heavy atom. The fourth-order valence-electron chi connectivity index (χ4n) is 2.72. The molecule has 5 nitrogen and oxygen atoms in total. The first-order chi connectivity index (χ1) is 11.0. The van der Waals surface area contributed by atoms with Crippen LogP contribution in [-0.2, 0) is 9.53 Å². The normalized spacial score (nSPS) is 13.1. The van der Waals surface area contributed by atoms with Crippen molar-refractivity contribution in [1.82, 2.24) is 4.57 Å². The Labute approximate surface area is 149 Å². The van der Waals surface area contributed by atoms with E-state index in [1.807, 2.05) is 46.8 Å². The Bertz CT molecular complexity index is 801. The number of carbonyl (C=O) groups is 2. The fourth-order valence-corrected chi connectivity index (χ4v) is 3.27. The van der Waals surface area contributed by atoms with E-state index in [1.165, 1.54) is 0 Å². The fraction of sp³-hybridized carbons (Fsp3) is 0.444. The molecule has 0 radical (unpaired) electrons. The number of carbonyl (C=O) groups excluding carboxylic acids is 1. The van der Waals surface area contributed by atoms with Crippen molar-refractivity contribution in [3.05, 3.63) is 33.9 Å². The number of carboxylic acids is 1. The number of nitrogens with zero attached hydrogens (tertiary/aromatic N) is 1. The molecular weight excluding hydrogens is 374 g/mol. The van der Waals surface area contributed by atoms with Crippen LogP contribution in [-0.4, -0.2) is 27.2 Å². The van der Waals surface area contributed by atoms with Crippen molar-refractivity contribution < 1.29 is 19.4 Å². The van der Waals surface area contributed by atoms with Crippen LogP contribution in [0, 0.1) is 6.92 Å². The SMILES string of the molecule is Cc1ccc2cc(C(=O)O)n([C@H](C)CC(=O)OC(C)(C)C)c2c1Br. The van der Waals surface area contributed by atoms with Crippen molar-refractivity contribution in [1.29, 1.82) is 0 Å². The Hall–Kier alpha value is -1.82. The molecule has 1 aromatic heterocycles. The summed E-state index contributed by atoms with van der Waals surface area (Å²) >= 11 is 3.55. The van der Waals surface area contributed by atoms with Gasteiger partial charge < -0.3 is 14.4 Å². The van der Waals surface area contributed by atoms with E-state index in [9.17, 15) is 14.7 Å². The monoisotopic (exact) mass is 395 g/mol. The van der Waals surface area contributed by atoms with Crippen molar-refractivity contribution in [3.8, 4) is 0 Å². The van der Waals surface area contributed by atoms with Gasteiger partial charge in [-0.25, -0.2) is 4.79 Å². The van der Waals surface area contributed by atoms with E-state index < -0.39 is 11.6 Å². The lowest BCUT2D eigenvalue weighted by molar-refractivity contribution is -0.155. The minimum Gasteiger partial charge on any atom is -0.477 e. The van der Waals surface area contributed by atoms with Gasteiger partial charge in [-0.05, 0) is 62.2 Å². The zero-order valence-corrected chi connectivity index (χ0v) is 16.1. The molecule has 1 atom stereocenters. The van der Waals surface area contributed by atoms with Gasteiger partial charge in [0.1, 0.15) is 11.3 Å². The van der Waals surface area contributed by atoms with E-state index in [0.29, 0.717) is 0 Å². The van der Waals surface area contributed by atoms with Crippen LogP contribution in [0.25, 0.3) is 10.9 Å². The standard InChI is InChI=1S/C18H22BrNO4/c1-10-6-7-12-9-13(17(22)23)20(16(12)15(10)19)11(2)8-14(21)24-18(3,4)5/h6-7,9,11H,8H2,1-5H3,(H,22,23)/t11-/m1/s1. The summed E-state index contributed by atoms with van der Waals surface area (Å²) < 4.78 is 7.89. The molecular formula is C18H22BrNO4. The molecule has 0 aliphatic carbocycles. The maximum atomic E-state index is 12.1. The van der Waals surface area contributed by atoms with Crippen molar-refractivity contribution in [2.75, 3.05) is 0 Å². The van der Waals surface area contributed by atoms with Crippen LogP contribution in [0.15, 0.2) is 22.7 Å². The third kappa shape index (κ3) is 3.80. The molecule has 0 spiro atoms. The summed E-state index contributed by atoms with van der Waals surface area (Å²) in [5.74, 6) is -1.37. The van der Waals surface area contributed by atoms with E-state index in [2.05, 4.69) is 15.9 Å². The highest BCUT2D eigenvalue weighted by Crippen LogP contribution is 2.33. The van der Waals surface area contributed by atoms with Gasteiger partial charge in [0.05, 0.1) is 11.9 Å². The predicted molar refractivity (Wildman–Crippen MR) is 96.5 cm³/mol. The molecule has 0 aliphatic heterocycles. The molecule has 0 saturated heterocycles. The van der Waals surface area contributed by atoms with Crippen LogP contribution in [0.2, 0.25) is 0 Å². The van der Waals surface area contributed by atoms with Gasteiger partial charge in [0, 0.05) is 15.9 Å². The molecule has 1 aromatic carbocycles. The first kappa shape index (κ1) is 18.5. The number of benzene rings is 1. The number of carboxylic acid groups (broad SMARTS) is 1. The second-order valence-electron chi connectivity index (χ2n) is 6.98. The molecule has 2 aromatic rings.